The van der Waals surface area contributed by atoms with Crippen molar-refractivity contribution in [1.29, 1.82) is 0 Å². The highest BCUT2D eigenvalue weighted by atomic mass is 19.1. The Kier molecular flexibility index (Phi) is 4.66. The molecule has 1 amide bonds. The van der Waals surface area contributed by atoms with E-state index in [0.29, 0.717) is 28.1 Å². The number of para-hydroxylation sites is 1. The number of aryl methyl sites for hydroxylation is 2. The largest absolute Gasteiger partial charge is 0.466 e. The van der Waals surface area contributed by atoms with Crippen molar-refractivity contribution in [3.8, 4) is 11.3 Å². The number of amides is 1. The van der Waals surface area contributed by atoms with Crippen LogP contribution in [-0.2, 0) is 0 Å². The lowest BCUT2D eigenvalue weighted by molar-refractivity contribution is 0.102. The monoisotopic (exact) mass is 392 g/mol. The fourth-order valence-electron chi connectivity index (χ4n) is 3.36. The fourth-order valence-corrected chi connectivity index (χ4v) is 3.36. The van der Waals surface area contributed by atoms with Gasteiger partial charge in [-0.05, 0) is 52.0 Å². The third kappa shape index (κ3) is 3.40. The minimum absolute atomic E-state index is 0.0601. The molecule has 0 aliphatic rings. The van der Waals surface area contributed by atoms with Crippen molar-refractivity contribution in [3.63, 3.8) is 0 Å². The smallest absolute Gasteiger partial charge is 0.256 e. The van der Waals surface area contributed by atoms with Crippen LogP contribution in [0.5, 0.6) is 0 Å². The molecule has 7 heteroatoms. The van der Waals surface area contributed by atoms with Crippen molar-refractivity contribution in [2.24, 2.45) is 0 Å². The maximum Gasteiger partial charge on any atom is 0.256 e. The molecule has 1 aromatic carbocycles. The van der Waals surface area contributed by atoms with Crippen molar-refractivity contribution < 1.29 is 13.6 Å². The van der Waals surface area contributed by atoms with Gasteiger partial charge >= 0.3 is 0 Å². The maximum absolute atomic E-state index is 14.0. The van der Waals surface area contributed by atoms with Crippen LogP contribution in [0.15, 0.2) is 47.0 Å². The molecular formula is C22H21FN4O2. The molecule has 0 unspecified atom stereocenters. The summed E-state index contributed by atoms with van der Waals surface area (Å²) in [4.78, 5) is 17.8. The predicted molar refractivity (Wildman–Crippen MR) is 109 cm³/mol. The van der Waals surface area contributed by atoms with Crippen LogP contribution in [0.2, 0.25) is 0 Å². The number of aromatic nitrogens is 3. The zero-order chi connectivity index (χ0) is 20.7. The standard InChI is InChI=1S/C22H21FN4O2/c1-12(2)27-21-17(11-24-27)16(22(28)26-19-8-6-5-7-18(19)23)10-20(25-21)15-9-13(3)29-14(15)4/h5-12H,1-4H3,(H,26,28). The predicted octanol–water partition coefficient (Wildman–Crippen LogP) is 5.28. The lowest BCUT2D eigenvalue weighted by atomic mass is 10.1. The summed E-state index contributed by atoms with van der Waals surface area (Å²) in [7, 11) is 0. The summed E-state index contributed by atoms with van der Waals surface area (Å²) < 4.78 is 21.4. The highest BCUT2D eigenvalue weighted by molar-refractivity contribution is 6.12. The molecule has 0 atom stereocenters. The molecule has 0 fully saturated rings. The van der Waals surface area contributed by atoms with Crippen LogP contribution >= 0.6 is 0 Å². The Morgan fingerprint density at radius 3 is 2.62 bits per heavy atom. The molecule has 0 aliphatic carbocycles. The summed E-state index contributed by atoms with van der Waals surface area (Å²) in [6, 6.07) is 9.71. The van der Waals surface area contributed by atoms with Gasteiger partial charge in [0.05, 0.1) is 28.5 Å². The van der Waals surface area contributed by atoms with Gasteiger partial charge in [0.1, 0.15) is 17.3 Å². The molecule has 0 bridgehead atoms. The molecule has 0 radical (unpaired) electrons. The first-order valence-corrected chi connectivity index (χ1v) is 9.36. The highest BCUT2D eigenvalue weighted by Gasteiger charge is 2.21. The second-order valence-electron chi connectivity index (χ2n) is 7.24. The minimum atomic E-state index is -0.495. The zero-order valence-corrected chi connectivity index (χ0v) is 16.7. The SMILES string of the molecule is Cc1cc(-c2cc(C(=O)Nc3ccccc3F)c3cnn(C(C)C)c3n2)c(C)o1. The first-order valence-electron chi connectivity index (χ1n) is 9.36. The number of hydrogen-bond donors (Lipinski definition) is 1. The molecule has 1 N–H and O–H groups in total. The van der Waals surface area contributed by atoms with Crippen LogP contribution < -0.4 is 5.32 Å². The van der Waals surface area contributed by atoms with Crippen LogP contribution in [0.3, 0.4) is 0 Å². The second kappa shape index (κ2) is 7.16. The van der Waals surface area contributed by atoms with Crippen LogP contribution in [0, 0.1) is 19.7 Å². The van der Waals surface area contributed by atoms with Crippen LogP contribution in [0.25, 0.3) is 22.3 Å². The summed E-state index contributed by atoms with van der Waals surface area (Å²) in [5.41, 5.74) is 2.50. The van der Waals surface area contributed by atoms with Gasteiger partial charge in [-0.3, -0.25) is 4.79 Å². The van der Waals surface area contributed by atoms with Gasteiger partial charge in [-0.1, -0.05) is 12.1 Å². The average Bonchev–Trinajstić information content (AvgIpc) is 3.25. The number of pyridine rings is 1. The normalized spacial score (nSPS) is 11.4. The Labute approximate surface area is 167 Å². The number of halogens is 1. The number of nitrogens with one attached hydrogen (secondary N) is 1. The average molecular weight is 392 g/mol. The van der Waals surface area contributed by atoms with Gasteiger partial charge in [-0.2, -0.15) is 5.10 Å². The number of anilines is 1. The summed E-state index contributed by atoms with van der Waals surface area (Å²) in [6.07, 6.45) is 1.62. The van der Waals surface area contributed by atoms with Crippen molar-refractivity contribution in [1.82, 2.24) is 14.8 Å². The number of carbonyl (C=O) groups excluding carboxylic acids is 1. The van der Waals surface area contributed by atoms with Crippen LogP contribution in [-0.4, -0.2) is 20.7 Å². The van der Waals surface area contributed by atoms with Gasteiger partial charge in [0, 0.05) is 11.6 Å². The van der Waals surface area contributed by atoms with E-state index in [4.69, 9.17) is 9.40 Å². The molecule has 0 spiro atoms. The Morgan fingerprint density at radius 1 is 1.21 bits per heavy atom. The van der Waals surface area contributed by atoms with E-state index >= 15 is 0 Å². The maximum atomic E-state index is 14.0. The fraction of sp³-hybridized carbons (Fsp3) is 0.227. The van der Waals surface area contributed by atoms with E-state index in [1.807, 2.05) is 33.8 Å². The molecule has 0 aliphatic heterocycles. The summed E-state index contributed by atoms with van der Waals surface area (Å²) in [6.45, 7) is 7.70. The summed E-state index contributed by atoms with van der Waals surface area (Å²) in [5, 5.41) is 7.66. The zero-order valence-electron chi connectivity index (χ0n) is 16.7. The second-order valence-corrected chi connectivity index (χ2v) is 7.24. The van der Waals surface area contributed by atoms with Crippen LogP contribution in [0.4, 0.5) is 10.1 Å². The third-order valence-corrected chi connectivity index (χ3v) is 4.74. The molecule has 4 aromatic rings. The molecule has 148 valence electrons. The highest BCUT2D eigenvalue weighted by Crippen LogP contribution is 2.30. The molecular weight excluding hydrogens is 371 g/mol. The van der Waals surface area contributed by atoms with Gasteiger partial charge in [-0.15, -0.1) is 0 Å². The van der Waals surface area contributed by atoms with Crippen molar-refractivity contribution >= 4 is 22.6 Å². The number of benzene rings is 1. The Morgan fingerprint density at radius 2 is 1.97 bits per heavy atom. The number of furan rings is 1. The van der Waals surface area contributed by atoms with E-state index in [-0.39, 0.29) is 11.7 Å². The van der Waals surface area contributed by atoms with E-state index in [1.165, 1.54) is 12.1 Å². The molecule has 0 saturated carbocycles. The number of hydrogen-bond acceptors (Lipinski definition) is 4. The van der Waals surface area contributed by atoms with E-state index in [9.17, 15) is 9.18 Å². The van der Waals surface area contributed by atoms with Crippen molar-refractivity contribution in [3.05, 3.63) is 65.5 Å². The number of carbonyl (C=O) groups is 1. The van der Waals surface area contributed by atoms with Gasteiger partial charge < -0.3 is 9.73 Å². The molecule has 6 nitrogen and oxygen atoms in total. The number of fused-ring (bicyclic) bond motifs is 1. The third-order valence-electron chi connectivity index (χ3n) is 4.74. The van der Waals surface area contributed by atoms with E-state index < -0.39 is 11.7 Å². The first kappa shape index (κ1) is 18.9. The van der Waals surface area contributed by atoms with E-state index in [1.54, 1.807) is 29.1 Å². The molecule has 3 heterocycles. The molecule has 4 rings (SSSR count). The topological polar surface area (TPSA) is 73.0 Å². The number of rotatable bonds is 4. The first-order chi connectivity index (χ1) is 13.8. The summed E-state index contributed by atoms with van der Waals surface area (Å²) in [5.74, 6) is 0.551. The molecule has 0 saturated heterocycles. The quantitative estimate of drug-likeness (QED) is 0.513. The Bertz CT molecular complexity index is 1220. The van der Waals surface area contributed by atoms with Gasteiger partial charge in [0.15, 0.2) is 5.65 Å². The van der Waals surface area contributed by atoms with Crippen molar-refractivity contribution in [2.75, 3.05) is 5.32 Å². The van der Waals surface area contributed by atoms with Crippen molar-refractivity contribution in [2.45, 2.75) is 33.7 Å². The number of nitrogens with zero attached hydrogens (tertiary/aromatic N) is 3. The van der Waals surface area contributed by atoms with Gasteiger partial charge in [0.2, 0.25) is 0 Å². The van der Waals surface area contributed by atoms with Gasteiger partial charge in [-0.25, -0.2) is 14.1 Å². The molecule has 3 aromatic heterocycles. The van der Waals surface area contributed by atoms with Gasteiger partial charge in [0.25, 0.3) is 5.91 Å². The Balaban J connectivity index is 1.89. The van der Waals surface area contributed by atoms with E-state index in [0.717, 1.165) is 11.3 Å². The lowest BCUT2D eigenvalue weighted by Crippen LogP contribution is -2.14. The summed E-state index contributed by atoms with van der Waals surface area (Å²) >= 11 is 0. The minimum Gasteiger partial charge on any atom is -0.466 e. The Hall–Kier alpha value is -3.48. The molecule has 29 heavy (non-hydrogen) atoms. The van der Waals surface area contributed by atoms with E-state index in [2.05, 4.69) is 10.4 Å². The lowest BCUT2D eigenvalue weighted by Gasteiger charge is -2.11. The van der Waals surface area contributed by atoms with Crippen LogP contribution in [0.1, 0.15) is 41.8 Å².